The second kappa shape index (κ2) is 36.6. The van der Waals surface area contributed by atoms with Gasteiger partial charge in [0.1, 0.15) is 29.6 Å². The Morgan fingerprint density at radius 3 is 1.26 bits per heavy atom. The van der Waals surface area contributed by atoms with E-state index in [2.05, 4.69) is 78.3 Å². The Labute approximate surface area is 730 Å². The lowest BCUT2D eigenvalue weighted by Crippen LogP contribution is -2.58. The molecule has 3 fully saturated rings. The quantitative estimate of drug-likeness (QED) is 0.0813. The van der Waals surface area contributed by atoms with E-state index in [0.717, 1.165) is 28.1 Å². The molecule has 0 aliphatic carbocycles. The van der Waals surface area contributed by atoms with Gasteiger partial charge >= 0.3 is 17.1 Å². The van der Waals surface area contributed by atoms with E-state index in [1.54, 1.807) is 90.9 Å². The second-order valence-electron chi connectivity index (χ2n) is 31.9. The summed E-state index contributed by atoms with van der Waals surface area (Å²) in [7, 11) is 3.80. The van der Waals surface area contributed by atoms with Gasteiger partial charge in [0.25, 0.3) is 0 Å². The van der Waals surface area contributed by atoms with Gasteiger partial charge in [0.2, 0.25) is 17.7 Å². The Morgan fingerprint density at radius 1 is 0.492 bits per heavy atom. The van der Waals surface area contributed by atoms with Gasteiger partial charge in [-0.2, -0.15) is 26.3 Å². The SMILES string of the molecule is C=CC(=O)N1CC(C)N(c2nc(=O)n(-c3c(C)ccnc3C(C)C)c3nc(-c4ccccc4Cl)c(Cl)cc23)CC1C.C=CC(=O)N1CC(C)N(c2nc(=O)n(-c3c(C)ccnc3C(C)C)c3nc(-c4ccsc4)c(Cl)cc23)CC1C.C=CC(=O)N1CC(C)N(c2nc(=O)n(-c3c(C)ncnc3CN(C)C)c3nc(-c4ccccc4F)c(Cl)cc23)CC1C. The first-order valence-electron chi connectivity index (χ1n) is 40.0. The normalized spacial score (nSPS) is 17.4. The van der Waals surface area contributed by atoms with Crippen LogP contribution in [-0.4, -0.2) is 190 Å². The number of pyridine rings is 5. The van der Waals surface area contributed by atoms with Crippen LogP contribution in [0.5, 0.6) is 0 Å². The molecule has 0 spiro atoms. The number of halogens is 5. The highest BCUT2D eigenvalue weighted by molar-refractivity contribution is 7.08. The van der Waals surface area contributed by atoms with Crippen molar-refractivity contribution in [2.75, 3.05) is 68.1 Å². The van der Waals surface area contributed by atoms with Crippen LogP contribution in [0.15, 0.2) is 167 Å². The minimum atomic E-state index is -0.589. The molecular weight excluding hydrogens is 1650 g/mol. The Hall–Kier alpha value is -11.5. The molecule has 0 saturated carbocycles. The van der Waals surface area contributed by atoms with Gasteiger partial charge in [-0.15, -0.1) is 0 Å². The molecule has 3 aliphatic rings. The molecule has 0 N–H and O–H groups in total. The van der Waals surface area contributed by atoms with Crippen LogP contribution in [0.25, 0.3) is 83.9 Å². The van der Waals surface area contributed by atoms with Gasteiger partial charge in [0, 0.05) is 117 Å². The number of hydrogen-bond donors (Lipinski definition) is 0. The van der Waals surface area contributed by atoms with Crippen LogP contribution in [-0.2, 0) is 20.9 Å². The highest BCUT2D eigenvalue weighted by Crippen LogP contribution is 2.42. The number of hydrogen-bond acceptors (Lipinski definition) is 21. The first-order chi connectivity index (χ1) is 58.2. The predicted molar refractivity (Wildman–Crippen MR) is 485 cm³/mol. The van der Waals surface area contributed by atoms with E-state index in [1.807, 2.05) is 146 Å². The molecule has 12 aromatic rings. The molecule has 10 aromatic heterocycles. The molecule has 13 heterocycles. The van der Waals surface area contributed by atoms with E-state index >= 15 is 0 Å². The number of nitrogens with zero attached hydrogens (tertiary/aromatic N) is 20. The summed E-state index contributed by atoms with van der Waals surface area (Å²) in [5, 5.41) is 7.30. The first kappa shape index (κ1) is 88.3. The van der Waals surface area contributed by atoms with E-state index in [1.165, 1.54) is 35.2 Å². The summed E-state index contributed by atoms with van der Waals surface area (Å²) in [6, 6.07) is 23.8. The smallest absolute Gasteiger partial charge is 0.349 e. The van der Waals surface area contributed by atoms with Crippen LogP contribution >= 0.6 is 57.7 Å². The third-order valence-corrected chi connectivity index (χ3v) is 24.1. The number of aromatic nitrogens is 13. The van der Waals surface area contributed by atoms with Crippen LogP contribution in [0.3, 0.4) is 0 Å². The minimum Gasteiger partial charge on any atom is -0.349 e. The van der Waals surface area contributed by atoms with E-state index in [-0.39, 0.29) is 87.7 Å². The number of piperazine rings is 3. The third kappa shape index (κ3) is 17.3. The molecule has 2 aromatic carbocycles. The number of carbonyl (C=O) groups excluding carboxylic acids is 3. The molecule has 632 valence electrons. The molecule has 26 nitrogen and oxygen atoms in total. The molecule has 6 atom stereocenters. The molecule has 32 heteroatoms. The molecule has 0 radical (unpaired) electrons. The number of rotatable bonds is 16. The lowest BCUT2D eigenvalue weighted by Gasteiger charge is -2.44. The molecule has 122 heavy (non-hydrogen) atoms. The molecule has 15 rings (SSSR count). The van der Waals surface area contributed by atoms with Crippen molar-refractivity contribution in [1.82, 2.24) is 83.1 Å². The van der Waals surface area contributed by atoms with Gasteiger partial charge in [-0.25, -0.2) is 57.4 Å². The van der Waals surface area contributed by atoms with Crippen LogP contribution in [0, 0.1) is 26.6 Å². The second-order valence-corrected chi connectivity index (χ2v) is 34.3. The lowest BCUT2D eigenvalue weighted by molar-refractivity contribution is -0.129. The average Bonchev–Trinajstić information content (AvgIpc) is 0.753. The summed E-state index contributed by atoms with van der Waals surface area (Å²) in [5.74, 6) is 0.588. The fourth-order valence-electron chi connectivity index (χ4n) is 16.2. The fraction of sp³-hybridized carbons (Fsp3) is 0.333. The molecular formula is C90H95Cl4FN20O6S. The number of carbonyl (C=O) groups is 3. The van der Waals surface area contributed by atoms with Gasteiger partial charge in [-0.1, -0.05) is 124 Å². The summed E-state index contributed by atoms with van der Waals surface area (Å²) in [6.07, 6.45) is 8.93. The Bertz CT molecular complexity index is 6320. The van der Waals surface area contributed by atoms with Crippen LogP contribution in [0.4, 0.5) is 21.8 Å². The third-order valence-electron chi connectivity index (χ3n) is 22.2. The summed E-state index contributed by atoms with van der Waals surface area (Å²) in [5.41, 5.74) is 8.91. The number of anilines is 3. The van der Waals surface area contributed by atoms with E-state index in [0.29, 0.717) is 151 Å². The molecule has 0 bridgehead atoms. The lowest BCUT2D eigenvalue weighted by atomic mass is 10.0. The summed E-state index contributed by atoms with van der Waals surface area (Å²) >= 11 is 28.6. The van der Waals surface area contributed by atoms with Crippen molar-refractivity contribution in [3.05, 3.63) is 244 Å². The summed E-state index contributed by atoms with van der Waals surface area (Å²) in [4.78, 5) is 140. The monoisotopic (exact) mass is 1740 g/mol. The maximum absolute atomic E-state index is 15.0. The van der Waals surface area contributed by atoms with Gasteiger partial charge < -0.3 is 34.3 Å². The Kier molecular flexibility index (Phi) is 26.5. The van der Waals surface area contributed by atoms with Crippen molar-refractivity contribution < 1.29 is 18.8 Å². The van der Waals surface area contributed by atoms with Gasteiger partial charge in [-0.05, 0) is 178 Å². The standard InChI is InChI=1S/C31H32Cl2N6O2.C30H32ClFN8O2.C29H31ClN6O2S/c1-7-25(40)37-15-20(6)38(16-19(37)5)29-22-14-24(33)27(21-10-8-9-11-23(21)32)35-30(22)39(31(41)36-29)28-18(4)12-13-34-26(28)17(2)3;1-7-25(41)38-13-18(3)39(14-17(38)2)28-21-12-22(31)26(20-10-8-9-11-23(20)32)35-29(21)40(30(42)36-28)27-19(4)33-16-34-24(27)15-37(5)6;1-7-23(37)34-13-19(6)35(14-18(34)5)27-21-12-22(30)25(20-9-11-39-15-20)32-28(21)36(29(38)33-27)26-17(4)8-10-31-24(26)16(2)3/h7-14,17,19-20H,1,15-16H2,2-6H3;7-12,16-18H,1,13-15H2,2-6H3;7-12,15-16,18-19H,1,13-14H2,2-6H3. The number of benzene rings is 2. The number of amides is 3. The Balaban J connectivity index is 0.000000158. The predicted octanol–water partition coefficient (Wildman–Crippen LogP) is 15.8. The summed E-state index contributed by atoms with van der Waals surface area (Å²) in [6.45, 7) is 39.8. The zero-order chi connectivity index (χ0) is 87.9. The summed E-state index contributed by atoms with van der Waals surface area (Å²) < 4.78 is 19.5. The van der Waals surface area contributed by atoms with Crippen molar-refractivity contribution >= 4 is 126 Å². The molecule has 3 saturated heterocycles. The van der Waals surface area contributed by atoms with Crippen molar-refractivity contribution in [2.45, 2.75) is 145 Å². The molecule has 3 amide bonds. The Morgan fingerprint density at radius 2 is 0.877 bits per heavy atom. The van der Waals surface area contributed by atoms with Gasteiger partial charge in [-0.3, -0.25) is 24.4 Å². The fourth-order valence-corrected chi connectivity index (χ4v) is 17.8. The van der Waals surface area contributed by atoms with E-state index < -0.39 is 22.9 Å². The van der Waals surface area contributed by atoms with Crippen molar-refractivity contribution in [3.8, 4) is 50.8 Å². The highest BCUT2D eigenvalue weighted by Gasteiger charge is 2.39. The van der Waals surface area contributed by atoms with E-state index in [9.17, 15) is 33.2 Å². The number of fused-ring (bicyclic) bond motifs is 3. The minimum absolute atomic E-state index is 0.0400. The maximum atomic E-state index is 15.0. The van der Waals surface area contributed by atoms with Crippen molar-refractivity contribution in [3.63, 3.8) is 0 Å². The molecule has 6 unspecified atom stereocenters. The number of thiophene rings is 1. The van der Waals surface area contributed by atoms with Crippen LogP contribution < -0.4 is 31.8 Å². The van der Waals surface area contributed by atoms with Gasteiger partial charge in [0.15, 0.2) is 16.9 Å². The zero-order valence-corrected chi connectivity index (χ0v) is 74.4. The van der Waals surface area contributed by atoms with E-state index in [4.69, 9.17) is 61.4 Å². The van der Waals surface area contributed by atoms with Crippen molar-refractivity contribution in [2.24, 2.45) is 0 Å². The average molecular weight is 1750 g/mol. The first-order valence-corrected chi connectivity index (χ1v) is 42.5. The topological polar surface area (TPSA) is 269 Å². The largest absolute Gasteiger partial charge is 0.355 e. The number of aryl methyl sites for hydroxylation is 3. The van der Waals surface area contributed by atoms with Crippen LogP contribution in [0.2, 0.25) is 20.1 Å². The highest BCUT2D eigenvalue weighted by atomic mass is 35.5. The maximum Gasteiger partial charge on any atom is 0.355 e. The van der Waals surface area contributed by atoms with Crippen molar-refractivity contribution in [1.29, 1.82) is 0 Å². The van der Waals surface area contributed by atoms with Crippen LogP contribution in [0.1, 0.15) is 115 Å². The zero-order valence-electron chi connectivity index (χ0n) is 70.6. The molecule has 3 aliphatic heterocycles. The van der Waals surface area contributed by atoms with Gasteiger partial charge in [0.05, 0.1) is 93.2 Å².